The van der Waals surface area contributed by atoms with Crippen LogP contribution in [0.4, 0.5) is 0 Å². The van der Waals surface area contributed by atoms with Crippen LogP contribution >= 0.6 is 0 Å². The maximum absolute atomic E-state index is 13.5. The van der Waals surface area contributed by atoms with E-state index in [1.165, 1.54) is 44.9 Å². The van der Waals surface area contributed by atoms with E-state index >= 15 is 0 Å². The molecule has 12 aliphatic carbocycles. The first-order chi connectivity index (χ1) is 38.0. The van der Waals surface area contributed by atoms with Gasteiger partial charge in [0.1, 0.15) is 35.1 Å². The Kier molecular flexibility index (Phi) is 19.0. The van der Waals surface area contributed by atoms with Gasteiger partial charge in [0.25, 0.3) is 0 Å². The maximum atomic E-state index is 13.5. The van der Waals surface area contributed by atoms with E-state index in [0.717, 1.165) is 153 Å². The minimum absolute atomic E-state index is 0.0242. The molecule has 0 spiro atoms. The standard InChI is InChI=1S/C25H38O4.C22H36O4.C21H34O4/c1-4-14(3)23(26)28-22-13-17-11-20(22)21(12-17)24(27)29-25(5-2)18-7-15-6-16(9-18)10-19(25)8-15;1-5-21(3,4)20(24)25-18-14-15-12-16(18)17(13-15)19(23)26-22(6-2)10-8-7-9-11-22;1-5-20(2,3)19(23)24-17-13-14-11-15(17)16(12-14)18(22)25-21(4)9-7-6-8-10-21/h14-22H,4-13H2,1-3H3;15-18H,5-14H2,1-4H3;14-17H,5-13H2,1-4H3. The van der Waals surface area contributed by atoms with Crippen LogP contribution in [0.3, 0.4) is 0 Å². The minimum atomic E-state index is -0.452. The third-order valence-electron chi connectivity index (χ3n) is 24.2. The molecule has 0 N–H and O–H groups in total. The molecule has 12 fully saturated rings. The first kappa shape index (κ1) is 61.4. The highest BCUT2D eigenvalue weighted by Crippen LogP contribution is 2.62. The molecule has 13 unspecified atom stereocenters. The first-order valence-electron chi connectivity index (χ1n) is 33.3. The van der Waals surface area contributed by atoms with Gasteiger partial charge in [-0.1, -0.05) is 54.4 Å². The highest BCUT2D eigenvalue weighted by atomic mass is 16.6. The van der Waals surface area contributed by atoms with E-state index in [9.17, 15) is 28.8 Å². The zero-order valence-electron chi connectivity index (χ0n) is 51.7. The third-order valence-corrected chi connectivity index (χ3v) is 24.2. The Morgan fingerprint density at radius 2 is 0.838 bits per heavy atom. The topological polar surface area (TPSA) is 158 Å². The molecular formula is C68H108O12. The first-order valence-corrected chi connectivity index (χ1v) is 33.3. The van der Waals surface area contributed by atoms with E-state index in [2.05, 4.69) is 20.8 Å². The molecule has 0 aromatic rings. The summed E-state index contributed by atoms with van der Waals surface area (Å²) in [7, 11) is 0. The Bertz CT molecular complexity index is 2170. The van der Waals surface area contributed by atoms with Crippen molar-refractivity contribution in [1.29, 1.82) is 0 Å². The molecule has 12 saturated carbocycles. The summed E-state index contributed by atoms with van der Waals surface area (Å²) in [4.78, 5) is 76.5. The van der Waals surface area contributed by atoms with Crippen LogP contribution in [-0.2, 0) is 57.2 Å². The summed E-state index contributed by atoms with van der Waals surface area (Å²) >= 11 is 0. The second-order valence-corrected chi connectivity index (χ2v) is 30.2. The normalized spacial score (nSPS) is 38.7. The van der Waals surface area contributed by atoms with Gasteiger partial charge in [0.15, 0.2) is 0 Å². The molecule has 0 amide bonds. The summed E-state index contributed by atoms with van der Waals surface area (Å²) in [6, 6.07) is 0. The molecule has 12 heteroatoms. The Morgan fingerprint density at radius 3 is 1.23 bits per heavy atom. The van der Waals surface area contributed by atoms with E-state index in [4.69, 9.17) is 28.4 Å². The van der Waals surface area contributed by atoms with Crippen LogP contribution in [0, 0.1) is 93.7 Å². The fourth-order valence-corrected chi connectivity index (χ4v) is 18.2. The fourth-order valence-electron chi connectivity index (χ4n) is 18.2. The van der Waals surface area contributed by atoms with E-state index in [0.29, 0.717) is 29.6 Å². The zero-order valence-corrected chi connectivity index (χ0v) is 51.7. The number of esters is 6. The zero-order chi connectivity index (χ0) is 57.5. The number of carbonyl (C=O) groups excluding carboxylic acids is 6. The van der Waals surface area contributed by atoms with Crippen LogP contribution in [0.25, 0.3) is 0 Å². The SMILES string of the molecule is CCC(C)(C)C(=O)OC1CC2CC(C(=O)OC3(C)CCCCC3)C1C2.CCC(C)C(=O)OC1CC2CC(C(=O)OC3(CC)C4CC5CC(C4)CC3C5)C1C2.CCC1(OC(=O)C2CC3CC(OC(=O)C(C)(C)CC)C2C3)CCCCC1. The average molecular weight is 1120 g/mol. The summed E-state index contributed by atoms with van der Waals surface area (Å²) in [6.07, 6.45) is 30.0. The number of hydrogen-bond acceptors (Lipinski definition) is 12. The second-order valence-electron chi connectivity index (χ2n) is 30.2. The number of rotatable bonds is 17. The smallest absolute Gasteiger partial charge is 0.311 e. The largest absolute Gasteiger partial charge is 0.462 e. The third kappa shape index (κ3) is 12.9. The van der Waals surface area contributed by atoms with E-state index < -0.39 is 10.8 Å². The molecule has 0 aromatic carbocycles. The monoisotopic (exact) mass is 1120 g/mol. The van der Waals surface area contributed by atoms with Crippen molar-refractivity contribution in [3.8, 4) is 0 Å². The van der Waals surface area contributed by atoms with E-state index in [-0.39, 0.29) is 112 Å². The van der Waals surface area contributed by atoms with E-state index in [1.807, 2.05) is 55.4 Å². The van der Waals surface area contributed by atoms with Gasteiger partial charge in [-0.05, 0) is 249 Å². The predicted octanol–water partition coefficient (Wildman–Crippen LogP) is 14.8. The van der Waals surface area contributed by atoms with E-state index in [1.54, 1.807) is 0 Å². The summed E-state index contributed by atoms with van der Waals surface area (Å²) in [5, 5.41) is 0. The molecule has 12 aliphatic rings. The number of fused-ring (bicyclic) bond motifs is 6. The lowest BCUT2D eigenvalue weighted by molar-refractivity contribution is -0.217. The molecule has 0 heterocycles. The summed E-state index contributed by atoms with van der Waals surface area (Å²) < 4.78 is 36.2. The van der Waals surface area contributed by atoms with Gasteiger partial charge in [-0.25, -0.2) is 0 Å². The molecule has 80 heavy (non-hydrogen) atoms. The lowest BCUT2D eigenvalue weighted by Gasteiger charge is -2.60. The number of hydrogen-bond donors (Lipinski definition) is 0. The van der Waals surface area contributed by atoms with Crippen molar-refractivity contribution < 1.29 is 57.2 Å². The number of carbonyl (C=O) groups is 6. The van der Waals surface area contributed by atoms with Crippen LogP contribution in [0.2, 0.25) is 0 Å². The van der Waals surface area contributed by atoms with Crippen LogP contribution in [0.5, 0.6) is 0 Å². The van der Waals surface area contributed by atoms with Gasteiger partial charge in [0, 0.05) is 17.8 Å². The van der Waals surface area contributed by atoms with Crippen LogP contribution in [0.15, 0.2) is 0 Å². The molecule has 12 nitrogen and oxygen atoms in total. The minimum Gasteiger partial charge on any atom is -0.462 e. The van der Waals surface area contributed by atoms with Crippen LogP contribution < -0.4 is 0 Å². The molecular weight excluding hydrogens is 1010 g/mol. The van der Waals surface area contributed by atoms with Crippen LogP contribution in [0.1, 0.15) is 262 Å². The Morgan fingerprint density at radius 1 is 0.450 bits per heavy atom. The molecule has 0 radical (unpaired) electrons. The maximum Gasteiger partial charge on any atom is 0.311 e. The van der Waals surface area contributed by atoms with Crippen molar-refractivity contribution >= 4 is 35.8 Å². The van der Waals surface area contributed by atoms with Crippen molar-refractivity contribution in [2.45, 2.75) is 297 Å². The molecule has 0 aromatic heterocycles. The Labute approximate surface area is 482 Å². The molecule has 0 saturated heterocycles. The lowest BCUT2D eigenvalue weighted by atomic mass is 9.49. The van der Waals surface area contributed by atoms with Gasteiger partial charge in [0.05, 0.1) is 34.5 Å². The molecule has 13 atom stereocenters. The number of ether oxygens (including phenoxy) is 6. The van der Waals surface area contributed by atoms with Gasteiger partial charge >= 0.3 is 35.8 Å². The summed E-state index contributed by atoms with van der Waals surface area (Å²) in [5.41, 5.74) is -1.64. The summed E-state index contributed by atoms with van der Waals surface area (Å²) in [5.74, 6) is 4.22. The second kappa shape index (κ2) is 24.8. The lowest BCUT2D eigenvalue weighted by Crippen LogP contribution is -2.60. The van der Waals surface area contributed by atoms with Crippen molar-refractivity contribution in [3.05, 3.63) is 0 Å². The molecule has 0 aliphatic heterocycles. The van der Waals surface area contributed by atoms with Crippen molar-refractivity contribution in [2.24, 2.45) is 93.7 Å². The van der Waals surface area contributed by atoms with Gasteiger partial charge in [0.2, 0.25) is 0 Å². The molecule has 12 rings (SSSR count). The fraction of sp³-hybridized carbons (Fsp3) is 0.912. The highest BCUT2D eigenvalue weighted by Gasteiger charge is 2.61. The molecule has 452 valence electrons. The highest BCUT2D eigenvalue weighted by molar-refractivity contribution is 5.78. The van der Waals surface area contributed by atoms with Gasteiger partial charge < -0.3 is 28.4 Å². The van der Waals surface area contributed by atoms with Gasteiger partial charge in [-0.3, -0.25) is 28.8 Å². The van der Waals surface area contributed by atoms with Crippen molar-refractivity contribution in [1.82, 2.24) is 0 Å². The predicted molar refractivity (Wildman–Crippen MR) is 306 cm³/mol. The Hall–Kier alpha value is -3.18. The van der Waals surface area contributed by atoms with Crippen LogP contribution in [-0.4, -0.2) is 70.9 Å². The van der Waals surface area contributed by atoms with Gasteiger partial charge in [-0.15, -0.1) is 0 Å². The molecule has 10 bridgehead atoms. The Balaban J connectivity index is 0.000000146. The van der Waals surface area contributed by atoms with Crippen molar-refractivity contribution in [3.63, 3.8) is 0 Å². The average Bonchev–Trinajstić information content (AvgIpc) is 4.45. The van der Waals surface area contributed by atoms with Crippen molar-refractivity contribution in [2.75, 3.05) is 0 Å². The van der Waals surface area contributed by atoms with Gasteiger partial charge in [-0.2, -0.15) is 0 Å². The summed E-state index contributed by atoms with van der Waals surface area (Å²) in [6.45, 7) is 22.1. The quantitative estimate of drug-likeness (QED) is 0.100.